The third-order valence-electron chi connectivity index (χ3n) is 3.97. The minimum atomic E-state index is -0.690. The molecule has 0 fully saturated rings. The van der Waals surface area contributed by atoms with E-state index in [4.69, 9.17) is 4.74 Å². The molecule has 2 aromatic rings. The fraction of sp³-hybridized carbons (Fsp3) is 0.529. The maximum absolute atomic E-state index is 12.1. The summed E-state index contributed by atoms with van der Waals surface area (Å²) in [6.07, 6.45) is 3.55. The van der Waals surface area contributed by atoms with Crippen molar-refractivity contribution in [1.29, 1.82) is 0 Å². The summed E-state index contributed by atoms with van der Waals surface area (Å²) in [5.74, 6) is -0.825. The molecular weight excluding hydrogens is 384 g/mol. The van der Waals surface area contributed by atoms with Gasteiger partial charge in [0.2, 0.25) is 5.16 Å². The lowest BCUT2D eigenvalue weighted by atomic mass is 10.1. The molecule has 0 aliphatic carbocycles. The number of unbranched alkanes of at least 4 members (excludes halogenated alkanes) is 1. The Hall–Kier alpha value is -2.69. The number of urea groups is 1. The van der Waals surface area contributed by atoms with Crippen LogP contribution in [0.4, 0.5) is 4.79 Å². The van der Waals surface area contributed by atoms with Crippen molar-refractivity contribution < 1.29 is 19.1 Å². The number of thioether (sulfide) groups is 1. The highest BCUT2D eigenvalue weighted by Gasteiger charge is 2.17. The van der Waals surface area contributed by atoms with Gasteiger partial charge >= 0.3 is 12.0 Å². The van der Waals surface area contributed by atoms with E-state index in [9.17, 15) is 14.4 Å². The summed E-state index contributed by atoms with van der Waals surface area (Å²) in [4.78, 5) is 44.0. The van der Waals surface area contributed by atoms with Gasteiger partial charge in [-0.25, -0.2) is 14.3 Å². The van der Waals surface area contributed by atoms with Gasteiger partial charge in [0, 0.05) is 23.5 Å². The largest absolute Gasteiger partial charge is 0.455 e. The van der Waals surface area contributed by atoms with Crippen LogP contribution in [0.15, 0.2) is 5.16 Å². The summed E-state index contributed by atoms with van der Waals surface area (Å²) in [6.45, 7) is 5.52. The number of aryl methyl sites for hydroxylation is 2. The van der Waals surface area contributed by atoms with Crippen LogP contribution in [-0.2, 0) is 20.7 Å². The fourth-order valence-electron chi connectivity index (χ4n) is 2.46. The molecule has 2 N–H and O–H groups in total. The van der Waals surface area contributed by atoms with E-state index in [1.165, 1.54) is 11.8 Å². The predicted octanol–water partition coefficient (Wildman–Crippen LogP) is 1.17. The van der Waals surface area contributed by atoms with Crippen LogP contribution in [0.3, 0.4) is 0 Å². The van der Waals surface area contributed by atoms with Crippen LogP contribution in [0.25, 0.3) is 5.78 Å². The summed E-state index contributed by atoms with van der Waals surface area (Å²) in [5.41, 5.74) is 2.03. The van der Waals surface area contributed by atoms with E-state index in [1.807, 2.05) is 20.1 Å². The Morgan fingerprint density at radius 2 is 1.96 bits per heavy atom. The molecule has 0 saturated heterocycles. The van der Waals surface area contributed by atoms with Gasteiger partial charge in [-0.1, -0.05) is 25.1 Å². The molecule has 28 heavy (non-hydrogen) atoms. The van der Waals surface area contributed by atoms with Gasteiger partial charge in [-0.15, -0.1) is 5.10 Å². The standard InChI is InChI=1S/C17H24N6O4S/c1-5-6-7-18-16(26)20-13(24)9-27-14(25)8-12-10(2)19-15-21-17(28-4)22-23(15)11(12)3/h5-9H2,1-4H3,(H2,18,20,24,26). The molecule has 0 aliphatic heterocycles. The number of nitrogens with one attached hydrogen (secondary N) is 2. The highest BCUT2D eigenvalue weighted by molar-refractivity contribution is 7.98. The first-order valence-corrected chi connectivity index (χ1v) is 10.1. The Balaban J connectivity index is 1.92. The van der Waals surface area contributed by atoms with Crippen LogP contribution < -0.4 is 10.6 Å². The molecule has 2 rings (SSSR count). The summed E-state index contributed by atoms with van der Waals surface area (Å²) < 4.78 is 6.55. The monoisotopic (exact) mass is 408 g/mol. The molecule has 0 aromatic carbocycles. The number of imide groups is 1. The molecule has 0 saturated carbocycles. The number of carbonyl (C=O) groups excluding carboxylic acids is 3. The number of fused-ring (bicyclic) bond motifs is 1. The van der Waals surface area contributed by atoms with Crippen molar-refractivity contribution in [1.82, 2.24) is 30.2 Å². The minimum Gasteiger partial charge on any atom is -0.455 e. The Bertz CT molecular complexity index is 882. The van der Waals surface area contributed by atoms with Gasteiger partial charge in [-0.05, 0) is 26.5 Å². The number of rotatable bonds is 8. The molecule has 152 valence electrons. The molecule has 3 amide bonds. The summed E-state index contributed by atoms with van der Waals surface area (Å²) in [6, 6.07) is -0.605. The average Bonchev–Trinajstić information content (AvgIpc) is 3.07. The van der Waals surface area contributed by atoms with Crippen molar-refractivity contribution in [2.45, 2.75) is 45.2 Å². The van der Waals surface area contributed by atoms with Crippen molar-refractivity contribution in [3.05, 3.63) is 17.0 Å². The van der Waals surface area contributed by atoms with Crippen molar-refractivity contribution in [3.8, 4) is 0 Å². The third kappa shape index (κ3) is 5.65. The smallest absolute Gasteiger partial charge is 0.321 e. The van der Waals surface area contributed by atoms with Crippen molar-refractivity contribution in [2.75, 3.05) is 19.4 Å². The first kappa shape index (κ1) is 21.6. The fourth-order valence-corrected chi connectivity index (χ4v) is 2.80. The SMILES string of the molecule is CCCCNC(=O)NC(=O)COC(=O)Cc1c(C)nc2nc(SC)nn2c1C. The molecule has 2 heterocycles. The Morgan fingerprint density at radius 1 is 1.21 bits per heavy atom. The summed E-state index contributed by atoms with van der Waals surface area (Å²) >= 11 is 1.40. The number of ether oxygens (including phenoxy) is 1. The summed E-state index contributed by atoms with van der Waals surface area (Å²) in [5, 5.41) is 9.56. The molecule has 0 spiro atoms. The van der Waals surface area contributed by atoms with Gasteiger partial charge in [0.15, 0.2) is 6.61 Å². The van der Waals surface area contributed by atoms with Gasteiger partial charge in [0.1, 0.15) is 0 Å². The van der Waals surface area contributed by atoms with E-state index < -0.39 is 24.5 Å². The van der Waals surface area contributed by atoms with Crippen LogP contribution >= 0.6 is 11.8 Å². The number of hydrogen-bond donors (Lipinski definition) is 2. The van der Waals surface area contributed by atoms with Crippen LogP contribution in [0.2, 0.25) is 0 Å². The molecular formula is C17H24N6O4S. The van der Waals surface area contributed by atoms with E-state index in [1.54, 1.807) is 11.4 Å². The topological polar surface area (TPSA) is 128 Å². The maximum atomic E-state index is 12.1. The van der Waals surface area contributed by atoms with E-state index in [2.05, 4.69) is 25.7 Å². The van der Waals surface area contributed by atoms with Crippen LogP contribution in [0.5, 0.6) is 0 Å². The minimum absolute atomic E-state index is 0.0644. The lowest BCUT2D eigenvalue weighted by molar-refractivity contribution is -0.147. The quantitative estimate of drug-likeness (QED) is 0.379. The van der Waals surface area contributed by atoms with Gasteiger partial charge in [0.05, 0.1) is 6.42 Å². The van der Waals surface area contributed by atoms with Crippen molar-refractivity contribution in [3.63, 3.8) is 0 Å². The first-order valence-electron chi connectivity index (χ1n) is 8.85. The number of carbonyl (C=O) groups is 3. The highest BCUT2D eigenvalue weighted by Crippen LogP contribution is 2.17. The second-order valence-electron chi connectivity index (χ2n) is 6.07. The molecule has 0 aliphatic rings. The normalized spacial score (nSPS) is 10.7. The maximum Gasteiger partial charge on any atom is 0.321 e. The number of nitrogens with zero attached hydrogens (tertiary/aromatic N) is 4. The molecule has 0 atom stereocenters. The second-order valence-corrected chi connectivity index (χ2v) is 6.84. The van der Waals surface area contributed by atoms with Crippen molar-refractivity contribution in [2.24, 2.45) is 0 Å². The van der Waals surface area contributed by atoms with Crippen LogP contribution in [-0.4, -0.2) is 56.9 Å². The molecule has 11 heteroatoms. The van der Waals surface area contributed by atoms with Gasteiger partial charge in [-0.2, -0.15) is 4.98 Å². The molecule has 2 aromatic heterocycles. The van der Waals surface area contributed by atoms with E-state index >= 15 is 0 Å². The van der Waals surface area contributed by atoms with E-state index in [-0.39, 0.29) is 6.42 Å². The zero-order valence-corrected chi connectivity index (χ0v) is 17.2. The lowest BCUT2D eigenvalue weighted by Gasteiger charge is -2.10. The van der Waals surface area contributed by atoms with Crippen LogP contribution in [0, 0.1) is 13.8 Å². The van der Waals surface area contributed by atoms with Gasteiger partial charge in [-0.3, -0.25) is 14.9 Å². The van der Waals surface area contributed by atoms with Gasteiger partial charge < -0.3 is 10.1 Å². The Labute approximate surface area is 166 Å². The van der Waals surface area contributed by atoms with Crippen molar-refractivity contribution >= 4 is 35.4 Å². The second kappa shape index (κ2) is 10.0. The molecule has 0 bridgehead atoms. The molecule has 0 radical (unpaired) electrons. The third-order valence-corrected chi connectivity index (χ3v) is 4.50. The number of amides is 3. The molecule has 10 nitrogen and oxygen atoms in total. The average molecular weight is 408 g/mol. The Morgan fingerprint density at radius 3 is 2.64 bits per heavy atom. The van der Waals surface area contributed by atoms with Crippen LogP contribution in [0.1, 0.15) is 36.7 Å². The predicted molar refractivity (Wildman–Crippen MR) is 103 cm³/mol. The molecule has 0 unspecified atom stereocenters. The zero-order valence-electron chi connectivity index (χ0n) is 16.4. The zero-order chi connectivity index (χ0) is 20.7. The Kier molecular flexibility index (Phi) is 7.73. The highest BCUT2D eigenvalue weighted by atomic mass is 32.2. The van der Waals surface area contributed by atoms with E-state index in [0.29, 0.717) is 28.7 Å². The number of esters is 1. The first-order chi connectivity index (χ1) is 13.3. The van der Waals surface area contributed by atoms with Gasteiger partial charge in [0.25, 0.3) is 11.7 Å². The number of aromatic nitrogens is 4. The lowest BCUT2D eigenvalue weighted by Crippen LogP contribution is -2.41. The number of hydrogen-bond acceptors (Lipinski definition) is 8. The summed E-state index contributed by atoms with van der Waals surface area (Å²) in [7, 11) is 0. The van der Waals surface area contributed by atoms with E-state index in [0.717, 1.165) is 18.5 Å².